The summed E-state index contributed by atoms with van der Waals surface area (Å²) in [7, 11) is 1.71. The van der Waals surface area contributed by atoms with Crippen LogP contribution >= 0.6 is 0 Å². The van der Waals surface area contributed by atoms with Gasteiger partial charge in [-0.1, -0.05) is 133 Å². The summed E-state index contributed by atoms with van der Waals surface area (Å²) < 4.78 is 6.00. The summed E-state index contributed by atoms with van der Waals surface area (Å²) in [6.07, 6.45) is 0. The number of aromatic nitrogens is 3. The van der Waals surface area contributed by atoms with Crippen LogP contribution in [0.5, 0.6) is 0 Å². The van der Waals surface area contributed by atoms with E-state index in [9.17, 15) is 5.11 Å². The van der Waals surface area contributed by atoms with Crippen molar-refractivity contribution >= 4 is 12.9 Å². The van der Waals surface area contributed by atoms with Gasteiger partial charge in [0.1, 0.15) is 0 Å². The summed E-state index contributed by atoms with van der Waals surface area (Å²) in [6.45, 7) is 7.25. The Balaban J connectivity index is 1.35. The maximum atomic E-state index is 10.5. The van der Waals surface area contributed by atoms with Crippen molar-refractivity contribution in [3.05, 3.63) is 133 Å². The summed E-state index contributed by atoms with van der Waals surface area (Å²) in [5.41, 5.74) is 6.25. The molecule has 1 N–H and O–H groups in total. The molecule has 0 saturated carbocycles. The van der Waals surface area contributed by atoms with Gasteiger partial charge < -0.3 is 9.76 Å². The highest BCUT2D eigenvalue weighted by molar-refractivity contribution is 6.47. The van der Waals surface area contributed by atoms with Gasteiger partial charge in [-0.15, -0.1) is 0 Å². The van der Waals surface area contributed by atoms with E-state index in [0.717, 1.165) is 44.4 Å². The fraction of sp³-hybridized carbons (Fsp3) is 0.154. The van der Waals surface area contributed by atoms with E-state index in [1.165, 1.54) is 0 Å². The largest absolute Gasteiger partial charge is 0.427 e. The highest BCUT2D eigenvalue weighted by atomic mass is 16.5. The molecule has 1 aromatic heterocycles. The standard InChI is InChI=1S/C39H35BN3O2/c1-38(2,44)39(3,4)45-40-34-20-12-18-32(26-34)31-17-11-19-33(25-31)37-42-35(29-15-9-6-10-16-29)41-36(43-37)30-23-21-28(22-24-30)27-13-7-5-8-14-27/h5-26,44H,1-4H3. The lowest BCUT2D eigenvalue weighted by Gasteiger charge is -2.37. The molecule has 0 bridgehead atoms. The molecule has 5 aromatic carbocycles. The van der Waals surface area contributed by atoms with E-state index in [0.29, 0.717) is 17.5 Å². The van der Waals surface area contributed by atoms with Crippen molar-refractivity contribution in [1.29, 1.82) is 0 Å². The van der Waals surface area contributed by atoms with Gasteiger partial charge in [-0.2, -0.15) is 0 Å². The Morgan fingerprint density at radius 1 is 0.467 bits per heavy atom. The Hall–Kier alpha value is -4.91. The van der Waals surface area contributed by atoms with Crippen LogP contribution in [0.25, 0.3) is 56.4 Å². The molecule has 5 nitrogen and oxygen atoms in total. The number of rotatable bonds is 9. The molecule has 45 heavy (non-hydrogen) atoms. The highest BCUT2D eigenvalue weighted by Crippen LogP contribution is 2.29. The van der Waals surface area contributed by atoms with Gasteiger partial charge in [0.15, 0.2) is 17.5 Å². The van der Waals surface area contributed by atoms with E-state index in [1.807, 2.05) is 86.6 Å². The molecule has 1 radical (unpaired) electrons. The average molecular weight is 589 g/mol. The summed E-state index contributed by atoms with van der Waals surface area (Å²) in [5, 5.41) is 10.5. The second-order valence-electron chi connectivity index (χ2n) is 12.1. The van der Waals surface area contributed by atoms with E-state index >= 15 is 0 Å². The molecule has 6 aromatic rings. The van der Waals surface area contributed by atoms with Gasteiger partial charge >= 0.3 is 7.48 Å². The van der Waals surface area contributed by atoms with Crippen LogP contribution in [0, 0.1) is 0 Å². The molecular weight excluding hydrogens is 553 g/mol. The number of hydrogen-bond donors (Lipinski definition) is 1. The second kappa shape index (κ2) is 12.6. The molecule has 1 heterocycles. The fourth-order valence-electron chi connectivity index (χ4n) is 4.78. The van der Waals surface area contributed by atoms with E-state index < -0.39 is 11.2 Å². The summed E-state index contributed by atoms with van der Waals surface area (Å²) >= 11 is 0. The van der Waals surface area contributed by atoms with Crippen LogP contribution < -0.4 is 5.46 Å². The first kappa shape index (κ1) is 30.1. The lowest BCUT2D eigenvalue weighted by molar-refractivity contribution is -0.0893. The predicted octanol–water partition coefficient (Wildman–Crippen LogP) is 8.02. The molecule has 0 atom stereocenters. The van der Waals surface area contributed by atoms with Crippen LogP contribution in [0.15, 0.2) is 133 Å². The number of hydrogen-bond acceptors (Lipinski definition) is 5. The molecular formula is C39H35BN3O2. The van der Waals surface area contributed by atoms with Gasteiger partial charge in [0.2, 0.25) is 0 Å². The van der Waals surface area contributed by atoms with Crippen molar-refractivity contribution < 1.29 is 9.76 Å². The maximum absolute atomic E-state index is 10.5. The molecule has 0 saturated heterocycles. The highest BCUT2D eigenvalue weighted by Gasteiger charge is 2.35. The van der Waals surface area contributed by atoms with Crippen molar-refractivity contribution in [2.45, 2.75) is 38.9 Å². The smallest absolute Gasteiger partial charge is 0.330 e. The number of nitrogens with zero attached hydrogens (tertiary/aromatic N) is 3. The van der Waals surface area contributed by atoms with E-state index in [4.69, 9.17) is 19.6 Å². The molecule has 0 unspecified atom stereocenters. The quantitative estimate of drug-likeness (QED) is 0.173. The van der Waals surface area contributed by atoms with Crippen LogP contribution in [0.2, 0.25) is 0 Å². The first-order valence-electron chi connectivity index (χ1n) is 15.1. The molecule has 6 rings (SSSR count). The second-order valence-corrected chi connectivity index (χ2v) is 12.1. The summed E-state index contributed by atoms with van der Waals surface area (Å²) in [5.74, 6) is 1.84. The summed E-state index contributed by atoms with van der Waals surface area (Å²) in [4.78, 5) is 14.8. The van der Waals surface area contributed by atoms with E-state index in [-0.39, 0.29) is 0 Å². The topological polar surface area (TPSA) is 68.1 Å². The van der Waals surface area contributed by atoms with Crippen LogP contribution in [0.4, 0.5) is 0 Å². The van der Waals surface area contributed by atoms with Crippen molar-refractivity contribution in [2.75, 3.05) is 0 Å². The molecule has 0 amide bonds. The van der Waals surface area contributed by atoms with Gasteiger partial charge in [0.05, 0.1) is 11.2 Å². The SMILES string of the molecule is CC(C)(O)C(C)(C)O[B]c1cccc(-c2cccc(-c3nc(-c4ccccc4)nc(-c4ccc(-c5ccccc5)cc4)n3)c2)c1. The van der Waals surface area contributed by atoms with Crippen LogP contribution in [0.1, 0.15) is 27.7 Å². The molecule has 6 heteroatoms. The normalized spacial score (nSPS) is 11.8. The van der Waals surface area contributed by atoms with Crippen molar-refractivity contribution in [3.8, 4) is 56.4 Å². The monoisotopic (exact) mass is 588 g/mol. The lowest BCUT2D eigenvalue weighted by atomic mass is 9.81. The van der Waals surface area contributed by atoms with Crippen molar-refractivity contribution in [3.63, 3.8) is 0 Å². The molecule has 0 aliphatic carbocycles. The van der Waals surface area contributed by atoms with Gasteiger partial charge in [-0.3, -0.25) is 0 Å². The van der Waals surface area contributed by atoms with Crippen molar-refractivity contribution in [2.24, 2.45) is 0 Å². The molecule has 0 spiro atoms. The Kier molecular flexibility index (Phi) is 8.44. The zero-order valence-electron chi connectivity index (χ0n) is 26.0. The summed E-state index contributed by atoms with van der Waals surface area (Å²) in [6, 6.07) is 45.0. The Morgan fingerprint density at radius 3 is 1.49 bits per heavy atom. The Morgan fingerprint density at radius 2 is 0.889 bits per heavy atom. The minimum atomic E-state index is -0.999. The Bertz CT molecular complexity index is 1900. The Labute approximate surface area is 265 Å². The van der Waals surface area contributed by atoms with Gasteiger partial charge in [-0.25, -0.2) is 15.0 Å². The lowest BCUT2D eigenvalue weighted by Crippen LogP contribution is -2.49. The average Bonchev–Trinajstić information content (AvgIpc) is 3.08. The van der Waals surface area contributed by atoms with E-state index in [2.05, 4.69) is 60.7 Å². The molecule has 221 valence electrons. The van der Waals surface area contributed by atoms with Crippen LogP contribution in [-0.4, -0.2) is 38.7 Å². The fourth-order valence-corrected chi connectivity index (χ4v) is 4.78. The van der Waals surface area contributed by atoms with Crippen LogP contribution in [-0.2, 0) is 4.65 Å². The first-order valence-corrected chi connectivity index (χ1v) is 15.1. The zero-order valence-corrected chi connectivity index (χ0v) is 26.0. The van der Waals surface area contributed by atoms with E-state index in [1.54, 1.807) is 21.3 Å². The minimum Gasteiger partial charge on any atom is -0.427 e. The van der Waals surface area contributed by atoms with Crippen molar-refractivity contribution in [1.82, 2.24) is 15.0 Å². The number of aliphatic hydroxyl groups is 1. The van der Waals surface area contributed by atoms with Gasteiger partial charge in [0, 0.05) is 16.7 Å². The molecule has 0 aliphatic rings. The predicted molar refractivity (Wildman–Crippen MR) is 184 cm³/mol. The third-order valence-corrected chi connectivity index (χ3v) is 8.22. The van der Waals surface area contributed by atoms with Crippen LogP contribution in [0.3, 0.4) is 0 Å². The third-order valence-electron chi connectivity index (χ3n) is 8.22. The minimum absolute atomic E-state index is 0.603. The molecule has 0 aliphatic heterocycles. The first-order chi connectivity index (χ1) is 21.7. The maximum Gasteiger partial charge on any atom is 0.330 e. The van der Waals surface area contributed by atoms with Gasteiger partial charge in [0.25, 0.3) is 0 Å². The van der Waals surface area contributed by atoms with Gasteiger partial charge in [-0.05, 0) is 56.0 Å². The third kappa shape index (κ3) is 6.93. The zero-order chi connectivity index (χ0) is 31.4. The number of benzene rings is 5. The molecule has 0 fully saturated rings.